The number of hydrogen-bond acceptors (Lipinski definition) is 8. The third kappa shape index (κ3) is 4.25. The quantitative estimate of drug-likeness (QED) is 0.804. The average molecular weight is 307 g/mol. The summed E-state index contributed by atoms with van der Waals surface area (Å²) in [5, 5.41) is 6.33. The van der Waals surface area contributed by atoms with Crippen molar-refractivity contribution in [3.63, 3.8) is 0 Å². The van der Waals surface area contributed by atoms with E-state index in [9.17, 15) is 0 Å². The number of aryl methyl sites for hydroxylation is 1. The zero-order valence-corrected chi connectivity index (χ0v) is 13.4. The SMILES string of the molecule is CCN(CC)c1nc(N)nc(NCCc2csc(C)n2)n1. The molecule has 0 unspecified atom stereocenters. The van der Waals surface area contributed by atoms with Crippen molar-refractivity contribution >= 4 is 29.2 Å². The molecule has 0 aliphatic carbocycles. The van der Waals surface area contributed by atoms with E-state index in [0.29, 0.717) is 18.4 Å². The minimum absolute atomic E-state index is 0.235. The lowest BCUT2D eigenvalue weighted by molar-refractivity contribution is 0.813. The van der Waals surface area contributed by atoms with Gasteiger partial charge in [0.25, 0.3) is 0 Å². The predicted molar refractivity (Wildman–Crippen MR) is 86.8 cm³/mol. The molecule has 0 saturated carbocycles. The third-order valence-corrected chi connectivity index (χ3v) is 3.84. The second-order valence-electron chi connectivity index (χ2n) is 4.52. The average Bonchev–Trinajstić information content (AvgIpc) is 2.85. The van der Waals surface area contributed by atoms with Crippen LogP contribution >= 0.6 is 11.3 Å². The Kier molecular flexibility index (Phi) is 5.26. The van der Waals surface area contributed by atoms with Gasteiger partial charge in [0.15, 0.2) is 0 Å². The van der Waals surface area contributed by atoms with Crippen LogP contribution < -0.4 is 16.0 Å². The Balaban J connectivity index is 1.99. The number of nitrogens with one attached hydrogen (secondary N) is 1. The van der Waals surface area contributed by atoms with E-state index < -0.39 is 0 Å². The Morgan fingerprint density at radius 2 is 1.95 bits per heavy atom. The van der Waals surface area contributed by atoms with Crippen molar-refractivity contribution in [3.8, 4) is 0 Å². The third-order valence-electron chi connectivity index (χ3n) is 3.02. The molecule has 0 aliphatic heterocycles. The van der Waals surface area contributed by atoms with Gasteiger partial charge in [-0.25, -0.2) is 4.98 Å². The number of aromatic nitrogens is 4. The van der Waals surface area contributed by atoms with Gasteiger partial charge in [-0.3, -0.25) is 0 Å². The topological polar surface area (TPSA) is 92.9 Å². The second-order valence-corrected chi connectivity index (χ2v) is 5.59. The van der Waals surface area contributed by atoms with Crippen molar-refractivity contribution in [1.82, 2.24) is 19.9 Å². The first-order valence-electron chi connectivity index (χ1n) is 7.03. The first-order valence-corrected chi connectivity index (χ1v) is 7.91. The zero-order valence-electron chi connectivity index (χ0n) is 12.6. The molecule has 2 rings (SSSR count). The predicted octanol–water partition coefficient (Wildman–Crippen LogP) is 1.72. The zero-order chi connectivity index (χ0) is 15.2. The van der Waals surface area contributed by atoms with Gasteiger partial charge in [-0.1, -0.05) is 0 Å². The van der Waals surface area contributed by atoms with Crippen LogP contribution in [0.15, 0.2) is 5.38 Å². The first kappa shape index (κ1) is 15.4. The Hall–Kier alpha value is -1.96. The van der Waals surface area contributed by atoms with E-state index in [1.54, 1.807) is 11.3 Å². The van der Waals surface area contributed by atoms with E-state index in [4.69, 9.17) is 5.73 Å². The Labute approximate surface area is 128 Å². The molecule has 8 heteroatoms. The number of anilines is 3. The molecule has 0 radical (unpaired) electrons. The van der Waals surface area contributed by atoms with Crippen LogP contribution in [0.2, 0.25) is 0 Å². The maximum Gasteiger partial charge on any atom is 0.231 e. The van der Waals surface area contributed by atoms with Gasteiger partial charge in [0, 0.05) is 31.4 Å². The van der Waals surface area contributed by atoms with Crippen molar-refractivity contribution in [2.45, 2.75) is 27.2 Å². The number of nitrogens with zero attached hydrogens (tertiary/aromatic N) is 5. The van der Waals surface area contributed by atoms with E-state index in [-0.39, 0.29) is 5.95 Å². The highest BCUT2D eigenvalue weighted by molar-refractivity contribution is 7.09. The number of hydrogen-bond donors (Lipinski definition) is 2. The number of rotatable bonds is 7. The number of nitrogens with two attached hydrogens (primary N) is 1. The normalized spacial score (nSPS) is 10.6. The molecule has 2 aromatic rings. The van der Waals surface area contributed by atoms with Crippen molar-refractivity contribution in [1.29, 1.82) is 0 Å². The molecule has 0 spiro atoms. The summed E-state index contributed by atoms with van der Waals surface area (Å²) in [6, 6.07) is 0. The van der Waals surface area contributed by atoms with Crippen LogP contribution in [0.4, 0.5) is 17.8 Å². The molecule has 7 nitrogen and oxygen atoms in total. The first-order chi connectivity index (χ1) is 10.1. The minimum Gasteiger partial charge on any atom is -0.368 e. The van der Waals surface area contributed by atoms with Gasteiger partial charge in [0.1, 0.15) is 0 Å². The molecule has 0 atom stereocenters. The molecular formula is C13H21N7S. The number of nitrogen functional groups attached to an aromatic ring is 1. The van der Waals surface area contributed by atoms with Gasteiger partial charge in [-0.15, -0.1) is 11.3 Å². The van der Waals surface area contributed by atoms with Crippen LogP contribution in [0.1, 0.15) is 24.5 Å². The summed E-state index contributed by atoms with van der Waals surface area (Å²) in [6.07, 6.45) is 0.830. The smallest absolute Gasteiger partial charge is 0.231 e. The summed E-state index contributed by atoms with van der Waals surface area (Å²) in [5.41, 5.74) is 6.83. The van der Waals surface area contributed by atoms with Crippen molar-refractivity contribution < 1.29 is 0 Å². The van der Waals surface area contributed by atoms with Gasteiger partial charge in [0.2, 0.25) is 17.8 Å². The van der Waals surface area contributed by atoms with E-state index in [1.807, 2.05) is 11.8 Å². The summed E-state index contributed by atoms with van der Waals surface area (Å²) >= 11 is 1.66. The molecule has 0 bridgehead atoms. The lowest BCUT2D eigenvalue weighted by Crippen LogP contribution is -2.25. The highest BCUT2D eigenvalue weighted by Gasteiger charge is 2.09. The molecule has 114 valence electrons. The maximum atomic E-state index is 5.75. The minimum atomic E-state index is 0.235. The fourth-order valence-electron chi connectivity index (χ4n) is 1.93. The molecule has 0 fully saturated rings. The monoisotopic (exact) mass is 307 g/mol. The van der Waals surface area contributed by atoms with Crippen molar-refractivity contribution in [3.05, 3.63) is 16.1 Å². The lowest BCUT2D eigenvalue weighted by Gasteiger charge is -2.18. The van der Waals surface area contributed by atoms with Crippen LogP contribution in [0.3, 0.4) is 0 Å². The van der Waals surface area contributed by atoms with Gasteiger partial charge >= 0.3 is 0 Å². The highest BCUT2D eigenvalue weighted by Crippen LogP contribution is 2.12. The summed E-state index contributed by atoms with van der Waals surface area (Å²) in [6.45, 7) is 8.49. The van der Waals surface area contributed by atoms with Gasteiger partial charge in [-0.05, 0) is 20.8 Å². The summed E-state index contributed by atoms with van der Waals surface area (Å²) < 4.78 is 0. The molecule has 2 heterocycles. The van der Waals surface area contributed by atoms with Crippen LogP contribution in [-0.2, 0) is 6.42 Å². The standard InChI is InChI=1S/C13H21N7S/c1-4-20(5-2)13-18-11(14)17-12(19-13)15-7-6-10-8-21-9(3)16-10/h8H,4-7H2,1-3H3,(H3,14,15,17,18,19). The molecule has 0 saturated heterocycles. The largest absolute Gasteiger partial charge is 0.368 e. The molecule has 0 amide bonds. The van der Waals surface area contributed by atoms with E-state index in [2.05, 4.69) is 44.5 Å². The molecular weight excluding hydrogens is 286 g/mol. The molecule has 0 aromatic carbocycles. The maximum absolute atomic E-state index is 5.75. The molecule has 3 N–H and O–H groups in total. The fourth-order valence-corrected chi connectivity index (χ4v) is 2.58. The Bertz CT molecular complexity index is 580. The molecule has 2 aromatic heterocycles. The van der Waals surface area contributed by atoms with E-state index >= 15 is 0 Å². The Morgan fingerprint density at radius 3 is 2.57 bits per heavy atom. The number of thiazole rings is 1. The molecule has 0 aliphatic rings. The lowest BCUT2D eigenvalue weighted by atomic mass is 10.3. The summed E-state index contributed by atoms with van der Waals surface area (Å²) in [5.74, 6) is 1.36. The summed E-state index contributed by atoms with van der Waals surface area (Å²) in [4.78, 5) is 19.2. The second kappa shape index (κ2) is 7.16. The van der Waals surface area contributed by atoms with Crippen LogP contribution in [-0.4, -0.2) is 39.6 Å². The van der Waals surface area contributed by atoms with Gasteiger partial charge < -0.3 is 16.0 Å². The Morgan fingerprint density at radius 1 is 1.19 bits per heavy atom. The van der Waals surface area contributed by atoms with Gasteiger partial charge in [-0.2, -0.15) is 15.0 Å². The van der Waals surface area contributed by atoms with Crippen molar-refractivity contribution in [2.75, 3.05) is 35.6 Å². The van der Waals surface area contributed by atoms with E-state index in [1.165, 1.54) is 0 Å². The van der Waals surface area contributed by atoms with Crippen LogP contribution in [0.5, 0.6) is 0 Å². The van der Waals surface area contributed by atoms with Gasteiger partial charge in [0.05, 0.1) is 10.7 Å². The molecule has 21 heavy (non-hydrogen) atoms. The van der Waals surface area contributed by atoms with Crippen molar-refractivity contribution in [2.24, 2.45) is 0 Å². The highest BCUT2D eigenvalue weighted by atomic mass is 32.1. The van der Waals surface area contributed by atoms with Crippen LogP contribution in [0.25, 0.3) is 0 Å². The van der Waals surface area contributed by atoms with E-state index in [0.717, 1.165) is 30.2 Å². The fraction of sp³-hybridized carbons (Fsp3) is 0.538. The van der Waals surface area contributed by atoms with Crippen LogP contribution in [0, 0.1) is 6.92 Å². The summed E-state index contributed by atoms with van der Waals surface area (Å²) in [7, 11) is 0.